The zero-order chi connectivity index (χ0) is 12.8. The number of nitrogens with zero attached hydrogens (tertiary/aromatic N) is 2. The third-order valence-corrected chi connectivity index (χ3v) is 3.51. The fraction of sp³-hybridized carbons (Fsp3) is 0.385. The van der Waals surface area contributed by atoms with Gasteiger partial charge in [-0.15, -0.1) is 11.3 Å². The summed E-state index contributed by atoms with van der Waals surface area (Å²) in [6, 6.07) is 6.20. The first-order valence-corrected chi connectivity index (χ1v) is 6.97. The number of hydrogen-bond donors (Lipinski definition) is 1. The molecule has 2 heterocycles. The molecule has 18 heavy (non-hydrogen) atoms. The maximum absolute atomic E-state index is 5.36. The van der Waals surface area contributed by atoms with E-state index in [-0.39, 0.29) is 6.04 Å². The first kappa shape index (κ1) is 12.8. The zero-order valence-electron chi connectivity index (χ0n) is 10.6. The second-order valence-corrected chi connectivity index (χ2v) is 4.75. The zero-order valence-corrected chi connectivity index (χ0v) is 11.4. The molecule has 1 unspecified atom stereocenters. The van der Waals surface area contributed by atoms with Crippen molar-refractivity contribution in [1.29, 1.82) is 0 Å². The summed E-state index contributed by atoms with van der Waals surface area (Å²) < 4.78 is 5.36. The highest BCUT2D eigenvalue weighted by Crippen LogP contribution is 2.25. The molecule has 2 rings (SSSR count). The van der Waals surface area contributed by atoms with Gasteiger partial charge in [-0.05, 0) is 24.8 Å². The number of hydrogen-bond acceptors (Lipinski definition) is 5. The molecule has 0 saturated heterocycles. The van der Waals surface area contributed by atoms with Gasteiger partial charge in [0, 0.05) is 17.1 Å². The second-order valence-electron chi connectivity index (χ2n) is 3.77. The van der Waals surface area contributed by atoms with Crippen LogP contribution in [-0.2, 0) is 0 Å². The number of ether oxygens (including phenoxy) is 1. The molecular formula is C13H17N3OS. The Balaban J connectivity index is 2.09. The lowest BCUT2D eigenvalue weighted by Crippen LogP contribution is -2.11. The molecule has 2 aromatic heterocycles. The fourth-order valence-electron chi connectivity index (χ4n) is 1.66. The minimum atomic E-state index is 0.252. The maximum atomic E-state index is 5.36. The van der Waals surface area contributed by atoms with Crippen LogP contribution in [0.5, 0.6) is 5.88 Å². The lowest BCUT2D eigenvalue weighted by Gasteiger charge is -2.15. The van der Waals surface area contributed by atoms with Crippen molar-refractivity contribution in [3.63, 3.8) is 0 Å². The van der Waals surface area contributed by atoms with Crippen molar-refractivity contribution in [1.82, 2.24) is 9.97 Å². The van der Waals surface area contributed by atoms with Gasteiger partial charge < -0.3 is 10.1 Å². The minimum Gasteiger partial charge on any atom is -0.478 e. The van der Waals surface area contributed by atoms with Gasteiger partial charge in [0.1, 0.15) is 0 Å². The molecule has 5 heteroatoms. The number of anilines is 1. The summed E-state index contributed by atoms with van der Waals surface area (Å²) in [6.07, 6.45) is 2.70. The molecule has 4 nitrogen and oxygen atoms in total. The summed E-state index contributed by atoms with van der Waals surface area (Å²) in [4.78, 5) is 9.84. The lowest BCUT2D eigenvalue weighted by molar-refractivity contribution is 0.326. The highest BCUT2D eigenvalue weighted by atomic mass is 32.1. The summed E-state index contributed by atoms with van der Waals surface area (Å²) in [5, 5.41) is 5.42. The van der Waals surface area contributed by atoms with Crippen molar-refractivity contribution >= 4 is 17.3 Å². The van der Waals surface area contributed by atoms with Gasteiger partial charge in [-0.3, -0.25) is 0 Å². The predicted octanol–water partition coefficient (Wildman–Crippen LogP) is 3.50. The molecule has 0 aliphatic rings. The van der Waals surface area contributed by atoms with Crippen LogP contribution >= 0.6 is 11.3 Å². The van der Waals surface area contributed by atoms with E-state index in [0.717, 1.165) is 6.42 Å². The largest absolute Gasteiger partial charge is 0.478 e. The quantitative estimate of drug-likeness (QED) is 0.866. The first-order chi connectivity index (χ1) is 8.83. The van der Waals surface area contributed by atoms with Crippen molar-refractivity contribution in [2.45, 2.75) is 26.3 Å². The van der Waals surface area contributed by atoms with E-state index in [0.29, 0.717) is 18.4 Å². The van der Waals surface area contributed by atoms with Crippen molar-refractivity contribution in [2.24, 2.45) is 0 Å². The Bertz CT molecular complexity index is 473. The predicted molar refractivity (Wildman–Crippen MR) is 74.2 cm³/mol. The molecule has 96 valence electrons. The van der Waals surface area contributed by atoms with Crippen LogP contribution in [0.15, 0.2) is 29.8 Å². The van der Waals surface area contributed by atoms with Crippen molar-refractivity contribution in [3.8, 4) is 5.88 Å². The van der Waals surface area contributed by atoms with E-state index in [1.165, 1.54) is 4.88 Å². The number of thiophene rings is 1. The average molecular weight is 263 g/mol. The van der Waals surface area contributed by atoms with Crippen LogP contribution in [0.4, 0.5) is 5.95 Å². The molecule has 1 atom stereocenters. The maximum Gasteiger partial charge on any atom is 0.226 e. The van der Waals surface area contributed by atoms with Gasteiger partial charge in [-0.25, -0.2) is 4.98 Å². The SMILES string of the molecule is CCOc1ccnc(NC(CC)c2cccs2)n1. The molecular weight excluding hydrogens is 246 g/mol. The second kappa shape index (κ2) is 6.35. The van der Waals surface area contributed by atoms with Gasteiger partial charge in [0.2, 0.25) is 11.8 Å². The number of aromatic nitrogens is 2. The Morgan fingerprint density at radius 1 is 1.39 bits per heavy atom. The molecule has 0 bridgehead atoms. The highest BCUT2D eigenvalue weighted by Gasteiger charge is 2.11. The molecule has 0 spiro atoms. The summed E-state index contributed by atoms with van der Waals surface area (Å²) in [6.45, 7) is 4.69. The Kier molecular flexibility index (Phi) is 4.52. The average Bonchev–Trinajstić information content (AvgIpc) is 2.90. The van der Waals surface area contributed by atoms with Gasteiger partial charge in [-0.2, -0.15) is 4.98 Å². The molecule has 0 fully saturated rings. The molecule has 0 aliphatic carbocycles. The van der Waals surface area contributed by atoms with Crippen molar-refractivity contribution in [2.75, 3.05) is 11.9 Å². The van der Waals surface area contributed by atoms with Crippen LogP contribution < -0.4 is 10.1 Å². The Labute approximate surface area is 111 Å². The number of nitrogens with one attached hydrogen (secondary N) is 1. The summed E-state index contributed by atoms with van der Waals surface area (Å²) in [7, 11) is 0. The Morgan fingerprint density at radius 2 is 2.28 bits per heavy atom. The smallest absolute Gasteiger partial charge is 0.226 e. The van der Waals surface area contributed by atoms with Crippen molar-refractivity contribution in [3.05, 3.63) is 34.7 Å². The van der Waals surface area contributed by atoms with E-state index >= 15 is 0 Å². The fourth-order valence-corrected chi connectivity index (χ4v) is 2.52. The van der Waals surface area contributed by atoms with E-state index in [9.17, 15) is 0 Å². The van der Waals surface area contributed by atoms with Gasteiger partial charge >= 0.3 is 0 Å². The molecule has 2 aromatic rings. The van der Waals surface area contributed by atoms with Crippen LogP contribution in [0.3, 0.4) is 0 Å². The molecule has 0 radical (unpaired) electrons. The van der Waals surface area contributed by atoms with Crippen LogP contribution in [-0.4, -0.2) is 16.6 Å². The van der Waals surface area contributed by atoms with Crippen molar-refractivity contribution < 1.29 is 4.74 Å². The normalized spacial score (nSPS) is 12.1. The van der Waals surface area contributed by atoms with Gasteiger partial charge in [-0.1, -0.05) is 13.0 Å². The molecule has 1 N–H and O–H groups in total. The van der Waals surface area contributed by atoms with E-state index in [4.69, 9.17) is 4.74 Å². The monoisotopic (exact) mass is 263 g/mol. The van der Waals surface area contributed by atoms with Crippen LogP contribution in [0.25, 0.3) is 0 Å². The van der Waals surface area contributed by atoms with Gasteiger partial charge in [0.15, 0.2) is 0 Å². The molecule has 0 amide bonds. The van der Waals surface area contributed by atoms with E-state index in [1.807, 2.05) is 6.92 Å². The van der Waals surface area contributed by atoms with E-state index < -0.39 is 0 Å². The number of rotatable bonds is 6. The van der Waals surface area contributed by atoms with Crippen LogP contribution in [0.2, 0.25) is 0 Å². The third-order valence-electron chi connectivity index (χ3n) is 2.52. The minimum absolute atomic E-state index is 0.252. The van der Waals surface area contributed by atoms with Gasteiger partial charge in [0.25, 0.3) is 0 Å². The molecule has 0 aliphatic heterocycles. The highest BCUT2D eigenvalue weighted by molar-refractivity contribution is 7.10. The third kappa shape index (κ3) is 3.20. The summed E-state index contributed by atoms with van der Waals surface area (Å²) in [5.41, 5.74) is 0. The summed E-state index contributed by atoms with van der Waals surface area (Å²) in [5.74, 6) is 1.22. The lowest BCUT2D eigenvalue weighted by atomic mass is 10.2. The first-order valence-electron chi connectivity index (χ1n) is 6.09. The van der Waals surface area contributed by atoms with E-state index in [1.54, 1.807) is 23.6 Å². The van der Waals surface area contributed by atoms with Gasteiger partial charge in [0.05, 0.1) is 12.6 Å². The molecule has 0 saturated carbocycles. The Hall–Kier alpha value is -1.62. The topological polar surface area (TPSA) is 47.0 Å². The Morgan fingerprint density at radius 3 is 2.94 bits per heavy atom. The van der Waals surface area contributed by atoms with Crippen LogP contribution in [0.1, 0.15) is 31.2 Å². The molecule has 0 aromatic carbocycles. The standard InChI is InChI=1S/C13H17N3OS/c1-3-10(11-6-5-9-18-11)15-13-14-8-7-12(16-13)17-4-2/h5-10H,3-4H2,1-2H3,(H,14,15,16). The van der Waals surface area contributed by atoms with Crippen LogP contribution in [0, 0.1) is 0 Å². The summed E-state index contributed by atoms with van der Waals surface area (Å²) >= 11 is 1.74. The van der Waals surface area contributed by atoms with E-state index in [2.05, 4.69) is 39.7 Å².